The molecular weight excluding hydrogens is 220 g/mol. The van der Waals surface area contributed by atoms with Gasteiger partial charge in [0.25, 0.3) is 0 Å². The van der Waals surface area contributed by atoms with E-state index in [1.165, 1.54) is 12.1 Å². The molecule has 82 valence electrons. The van der Waals surface area contributed by atoms with Gasteiger partial charge in [-0.2, -0.15) is 0 Å². The first-order chi connectivity index (χ1) is 7.00. The molecule has 5 nitrogen and oxygen atoms in total. The van der Waals surface area contributed by atoms with E-state index in [1.54, 1.807) is 6.92 Å². The zero-order valence-electron chi connectivity index (χ0n) is 8.07. The fourth-order valence-electron chi connectivity index (χ4n) is 0.987. The molecule has 0 fully saturated rings. The summed E-state index contributed by atoms with van der Waals surface area (Å²) in [4.78, 5) is 14.6. The first-order valence-electron chi connectivity index (χ1n) is 4.32. The van der Waals surface area contributed by atoms with E-state index >= 15 is 0 Å². The van der Waals surface area contributed by atoms with Crippen molar-refractivity contribution in [1.29, 1.82) is 0 Å². The zero-order valence-corrected chi connectivity index (χ0v) is 8.82. The highest BCUT2D eigenvalue weighted by atomic mass is 35.5. The van der Waals surface area contributed by atoms with Crippen LogP contribution in [0.5, 0.6) is 0 Å². The summed E-state index contributed by atoms with van der Waals surface area (Å²) in [7, 11) is 0. The summed E-state index contributed by atoms with van der Waals surface area (Å²) in [6.45, 7) is 1.80. The number of hydrogen-bond donors (Lipinski definition) is 3. The van der Waals surface area contributed by atoms with E-state index in [0.29, 0.717) is 0 Å². The van der Waals surface area contributed by atoms with E-state index in [2.05, 4.69) is 10.3 Å². The van der Waals surface area contributed by atoms with E-state index < -0.39 is 12.1 Å². The molecule has 0 spiro atoms. The maximum Gasteiger partial charge on any atom is 0.339 e. The molecule has 0 amide bonds. The minimum atomic E-state index is -1.09. The molecule has 15 heavy (non-hydrogen) atoms. The van der Waals surface area contributed by atoms with Crippen LogP contribution < -0.4 is 5.32 Å². The Labute approximate surface area is 91.7 Å². The summed E-state index contributed by atoms with van der Waals surface area (Å²) in [6, 6.07) is 2.76. The molecule has 0 aliphatic carbocycles. The maximum atomic E-state index is 10.8. The third-order valence-corrected chi connectivity index (χ3v) is 1.87. The Balaban J connectivity index is 2.92. The lowest BCUT2D eigenvalue weighted by Gasteiger charge is -2.10. The van der Waals surface area contributed by atoms with Crippen molar-refractivity contribution >= 4 is 23.4 Å². The first kappa shape index (κ1) is 11.7. The predicted molar refractivity (Wildman–Crippen MR) is 56.4 cm³/mol. The molecule has 1 heterocycles. The second-order valence-electron chi connectivity index (χ2n) is 3.07. The number of nitrogens with zero attached hydrogens (tertiary/aromatic N) is 1. The van der Waals surface area contributed by atoms with Crippen molar-refractivity contribution in [3.05, 3.63) is 22.8 Å². The molecule has 0 bridgehead atoms. The number of carbonyl (C=O) groups is 1. The Morgan fingerprint density at radius 2 is 2.33 bits per heavy atom. The number of pyridine rings is 1. The number of anilines is 1. The summed E-state index contributed by atoms with van der Waals surface area (Å²) in [5, 5.41) is 20.8. The molecule has 0 saturated heterocycles. The number of halogens is 1. The second-order valence-corrected chi connectivity index (χ2v) is 3.45. The van der Waals surface area contributed by atoms with Crippen molar-refractivity contribution in [2.24, 2.45) is 0 Å². The van der Waals surface area contributed by atoms with E-state index in [1.807, 2.05) is 0 Å². The molecule has 1 unspecified atom stereocenters. The van der Waals surface area contributed by atoms with Crippen LogP contribution in [0.15, 0.2) is 12.1 Å². The van der Waals surface area contributed by atoms with Gasteiger partial charge in [0.15, 0.2) is 0 Å². The van der Waals surface area contributed by atoms with Gasteiger partial charge in [0.05, 0.1) is 6.10 Å². The van der Waals surface area contributed by atoms with Crippen LogP contribution in [0.4, 0.5) is 5.82 Å². The molecule has 1 aromatic rings. The molecule has 0 aliphatic rings. The molecule has 0 aliphatic heterocycles. The monoisotopic (exact) mass is 230 g/mol. The fourth-order valence-corrected chi connectivity index (χ4v) is 1.13. The predicted octanol–water partition coefficient (Wildman–Crippen LogP) is 1.23. The number of hydrogen-bond acceptors (Lipinski definition) is 4. The van der Waals surface area contributed by atoms with Gasteiger partial charge in [0.1, 0.15) is 16.5 Å². The van der Waals surface area contributed by atoms with Crippen LogP contribution in [-0.4, -0.2) is 33.8 Å². The number of aromatic nitrogens is 1. The Morgan fingerprint density at radius 1 is 1.67 bits per heavy atom. The second kappa shape index (κ2) is 4.95. The molecule has 1 aromatic heterocycles. The van der Waals surface area contributed by atoms with E-state index in [-0.39, 0.29) is 23.1 Å². The van der Waals surface area contributed by atoms with Crippen molar-refractivity contribution < 1.29 is 15.0 Å². The molecule has 0 aromatic carbocycles. The molecular formula is C9H11ClN2O3. The van der Waals surface area contributed by atoms with Gasteiger partial charge in [-0.3, -0.25) is 0 Å². The third kappa shape index (κ3) is 3.38. The molecule has 0 saturated carbocycles. The highest BCUT2D eigenvalue weighted by molar-refractivity contribution is 6.29. The fraction of sp³-hybridized carbons (Fsp3) is 0.333. The molecule has 1 atom stereocenters. The summed E-state index contributed by atoms with van der Waals surface area (Å²) < 4.78 is 0. The third-order valence-electron chi connectivity index (χ3n) is 1.66. The van der Waals surface area contributed by atoms with E-state index in [4.69, 9.17) is 21.8 Å². The van der Waals surface area contributed by atoms with Crippen molar-refractivity contribution in [1.82, 2.24) is 4.98 Å². The number of rotatable bonds is 4. The Bertz CT molecular complexity index is 368. The Kier molecular flexibility index (Phi) is 3.88. The number of carboxylic acid groups (broad SMARTS) is 1. The van der Waals surface area contributed by atoms with Gasteiger partial charge in [0.2, 0.25) is 0 Å². The minimum Gasteiger partial charge on any atom is -0.478 e. The largest absolute Gasteiger partial charge is 0.478 e. The van der Waals surface area contributed by atoms with Crippen LogP contribution in [0.25, 0.3) is 0 Å². The lowest BCUT2D eigenvalue weighted by Crippen LogP contribution is -2.18. The van der Waals surface area contributed by atoms with Crippen molar-refractivity contribution in [2.45, 2.75) is 13.0 Å². The maximum absolute atomic E-state index is 10.8. The molecule has 0 radical (unpaired) electrons. The van der Waals surface area contributed by atoms with Crippen molar-refractivity contribution in [2.75, 3.05) is 11.9 Å². The van der Waals surface area contributed by atoms with Crippen LogP contribution in [0, 0.1) is 0 Å². The number of nitrogens with one attached hydrogen (secondary N) is 1. The normalized spacial score (nSPS) is 12.2. The molecule has 1 rings (SSSR count). The Morgan fingerprint density at radius 3 is 2.87 bits per heavy atom. The van der Waals surface area contributed by atoms with Gasteiger partial charge in [-0.1, -0.05) is 11.6 Å². The SMILES string of the molecule is CC(O)CNc1nc(Cl)ccc1C(=O)O. The average molecular weight is 231 g/mol. The summed E-state index contributed by atoms with van der Waals surface area (Å²) in [5.74, 6) is -0.928. The summed E-state index contributed by atoms with van der Waals surface area (Å²) >= 11 is 5.63. The molecule has 6 heteroatoms. The van der Waals surface area contributed by atoms with Crippen LogP contribution in [0.3, 0.4) is 0 Å². The van der Waals surface area contributed by atoms with Crippen molar-refractivity contribution in [3.8, 4) is 0 Å². The van der Waals surface area contributed by atoms with Crippen LogP contribution in [-0.2, 0) is 0 Å². The summed E-state index contributed by atoms with van der Waals surface area (Å²) in [6.07, 6.45) is -0.590. The number of aliphatic hydroxyl groups excluding tert-OH is 1. The quantitative estimate of drug-likeness (QED) is 0.678. The van der Waals surface area contributed by atoms with Gasteiger partial charge in [-0.25, -0.2) is 9.78 Å². The topological polar surface area (TPSA) is 82.5 Å². The summed E-state index contributed by atoms with van der Waals surface area (Å²) in [5.41, 5.74) is 0.0278. The lowest BCUT2D eigenvalue weighted by molar-refractivity contribution is 0.0697. The first-order valence-corrected chi connectivity index (χ1v) is 4.70. The van der Waals surface area contributed by atoms with E-state index in [0.717, 1.165) is 0 Å². The van der Waals surface area contributed by atoms with Gasteiger partial charge < -0.3 is 15.5 Å². The number of aliphatic hydroxyl groups is 1. The minimum absolute atomic E-state index is 0.0278. The van der Waals surface area contributed by atoms with Gasteiger partial charge >= 0.3 is 5.97 Å². The Hall–Kier alpha value is -1.33. The smallest absolute Gasteiger partial charge is 0.339 e. The van der Waals surface area contributed by atoms with Crippen LogP contribution in [0.1, 0.15) is 17.3 Å². The average Bonchev–Trinajstić information content (AvgIpc) is 2.14. The van der Waals surface area contributed by atoms with Gasteiger partial charge in [0, 0.05) is 6.54 Å². The number of aromatic carboxylic acids is 1. The highest BCUT2D eigenvalue weighted by Crippen LogP contribution is 2.16. The highest BCUT2D eigenvalue weighted by Gasteiger charge is 2.12. The standard InChI is InChI=1S/C9H11ClN2O3/c1-5(13)4-11-8-6(9(14)15)2-3-7(10)12-8/h2-3,5,13H,4H2,1H3,(H,11,12)(H,14,15). The zero-order chi connectivity index (χ0) is 11.4. The lowest BCUT2D eigenvalue weighted by atomic mass is 10.2. The van der Waals surface area contributed by atoms with E-state index in [9.17, 15) is 4.79 Å². The number of carboxylic acids is 1. The molecule has 3 N–H and O–H groups in total. The van der Waals surface area contributed by atoms with Gasteiger partial charge in [-0.15, -0.1) is 0 Å². The van der Waals surface area contributed by atoms with Crippen LogP contribution >= 0.6 is 11.6 Å². The van der Waals surface area contributed by atoms with Crippen LogP contribution in [0.2, 0.25) is 5.15 Å². The van der Waals surface area contributed by atoms with Crippen molar-refractivity contribution in [3.63, 3.8) is 0 Å². The van der Waals surface area contributed by atoms with Gasteiger partial charge in [-0.05, 0) is 19.1 Å².